The fraction of sp³-hybridized carbons (Fsp3) is 0.583. The maximum absolute atomic E-state index is 12.2. The second-order valence-corrected chi connectivity index (χ2v) is 3.82. The molecular formula is C12H16F3NO. The molecule has 0 aliphatic heterocycles. The Morgan fingerprint density at radius 2 is 1.82 bits per heavy atom. The number of pyridine rings is 1. The lowest BCUT2D eigenvalue weighted by Crippen LogP contribution is -2.33. The average Bonchev–Trinajstić information content (AvgIpc) is 2.31. The van der Waals surface area contributed by atoms with Crippen LogP contribution >= 0.6 is 0 Å². The van der Waals surface area contributed by atoms with Crippen LogP contribution in [-0.4, -0.2) is 17.8 Å². The quantitative estimate of drug-likeness (QED) is 0.791. The maximum Gasteiger partial charge on any atom is 0.411 e. The van der Waals surface area contributed by atoms with Gasteiger partial charge in [0.1, 0.15) is 12.2 Å². The minimum atomic E-state index is -4.32. The van der Waals surface area contributed by atoms with Gasteiger partial charge in [0, 0.05) is 6.20 Å². The highest BCUT2D eigenvalue weighted by molar-refractivity contribution is 5.13. The number of nitrogens with zero attached hydrogens (tertiary/aromatic N) is 1. The highest BCUT2D eigenvalue weighted by atomic mass is 19.4. The monoisotopic (exact) mass is 247 g/mol. The van der Waals surface area contributed by atoms with Crippen LogP contribution in [0, 0.1) is 0 Å². The zero-order chi connectivity index (χ0) is 12.9. The molecule has 0 aliphatic rings. The number of ether oxygens (including phenoxy) is 1. The van der Waals surface area contributed by atoms with E-state index in [2.05, 4.69) is 4.98 Å². The summed E-state index contributed by atoms with van der Waals surface area (Å²) in [5, 5.41) is 0. The van der Waals surface area contributed by atoms with E-state index >= 15 is 0 Å². The van der Waals surface area contributed by atoms with Crippen LogP contribution in [0.3, 0.4) is 0 Å². The lowest BCUT2D eigenvalue weighted by atomic mass is 9.92. The van der Waals surface area contributed by atoms with Crippen molar-refractivity contribution in [2.45, 2.75) is 38.5 Å². The molecule has 1 aromatic heterocycles. The summed E-state index contributed by atoms with van der Waals surface area (Å²) >= 11 is 0. The van der Waals surface area contributed by atoms with Crippen LogP contribution in [-0.2, 0) is 10.3 Å². The van der Waals surface area contributed by atoms with Crippen molar-refractivity contribution in [1.82, 2.24) is 4.98 Å². The average molecular weight is 247 g/mol. The largest absolute Gasteiger partial charge is 0.411 e. The molecule has 0 saturated heterocycles. The third-order valence-corrected chi connectivity index (χ3v) is 2.79. The van der Waals surface area contributed by atoms with Gasteiger partial charge in [0.05, 0.1) is 5.69 Å². The zero-order valence-electron chi connectivity index (χ0n) is 9.92. The van der Waals surface area contributed by atoms with Gasteiger partial charge in [0.25, 0.3) is 0 Å². The minimum absolute atomic E-state index is 0.455. The Kier molecular flexibility index (Phi) is 4.51. The predicted octanol–water partition coefficient (Wildman–Crippen LogP) is 3.68. The normalized spacial score (nSPS) is 12.8. The molecule has 0 aromatic carbocycles. The Labute approximate surface area is 98.8 Å². The van der Waals surface area contributed by atoms with Gasteiger partial charge in [0.15, 0.2) is 0 Å². The van der Waals surface area contributed by atoms with Crippen molar-refractivity contribution in [3.8, 4) is 0 Å². The van der Waals surface area contributed by atoms with E-state index in [-0.39, 0.29) is 0 Å². The molecule has 0 radical (unpaired) electrons. The number of aromatic nitrogens is 1. The molecule has 0 amide bonds. The molecule has 0 N–H and O–H groups in total. The van der Waals surface area contributed by atoms with Crippen LogP contribution in [0.2, 0.25) is 0 Å². The van der Waals surface area contributed by atoms with E-state index in [1.165, 1.54) is 0 Å². The molecule has 0 bridgehead atoms. The van der Waals surface area contributed by atoms with Crippen LogP contribution in [0.1, 0.15) is 32.4 Å². The summed E-state index contributed by atoms with van der Waals surface area (Å²) < 4.78 is 41.8. The first kappa shape index (κ1) is 14.0. The lowest BCUT2D eigenvalue weighted by Gasteiger charge is -2.31. The molecule has 2 nitrogen and oxygen atoms in total. The summed E-state index contributed by atoms with van der Waals surface area (Å²) in [7, 11) is 0. The van der Waals surface area contributed by atoms with Gasteiger partial charge in [-0.05, 0) is 25.0 Å². The summed E-state index contributed by atoms with van der Waals surface area (Å²) in [5.41, 5.74) is -0.397. The highest BCUT2D eigenvalue weighted by Crippen LogP contribution is 2.33. The summed E-state index contributed by atoms with van der Waals surface area (Å²) in [4.78, 5) is 4.10. The number of hydrogen-bond donors (Lipinski definition) is 0. The Morgan fingerprint density at radius 1 is 1.18 bits per heavy atom. The number of rotatable bonds is 5. The summed E-state index contributed by atoms with van der Waals surface area (Å²) in [6.07, 6.45) is -1.84. The van der Waals surface area contributed by atoms with Crippen molar-refractivity contribution in [3.05, 3.63) is 30.1 Å². The van der Waals surface area contributed by atoms with Gasteiger partial charge in [-0.2, -0.15) is 13.2 Å². The van der Waals surface area contributed by atoms with Crippen LogP contribution in [0.15, 0.2) is 24.4 Å². The maximum atomic E-state index is 12.2. The van der Waals surface area contributed by atoms with Crippen LogP contribution in [0.25, 0.3) is 0 Å². The van der Waals surface area contributed by atoms with Gasteiger partial charge >= 0.3 is 6.18 Å². The Morgan fingerprint density at radius 3 is 2.24 bits per heavy atom. The number of alkyl halides is 3. The van der Waals surface area contributed by atoms with Gasteiger partial charge in [-0.15, -0.1) is 0 Å². The number of hydrogen-bond acceptors (Lipinski definition) is 2. The molecule has 0 aliphatic carbocycles. The molecule has 96 valence electrons. The molecule has 1 aromatic rings. The molecule has 5 heteroatoms. The van der Waals surface area contributed by atoms with Gasteiger partial charge < -0.3 is 4.74 Å². The summed E-state index contributed by atoms with van der Waals surface area (Å²) in [6, 6.07) is 5.17. The Bertz CT molecular complexity index is 333. The van der Waals surface area contributed by atoms with Crippen molar-refractivity contribution in [2.75, 3.05) is 6.61 Å². The smallest absolute Gasteiger partial charge is 0.359 e. The van der Waals surface area contributed by atoms with Crippen LogP contribution in [0.5, 0.6) is 0 Å². The second kappa shape index (κ2) is 5.49. The van der Waals surface area contributed by atoms with Gasteiger partial charge in [-0.3, -0.25) is 4.98 Å². The third kappa shape index (κ3) is 3.70. The Hall–Kier alpha value is -1.10. The van der Waals surface area contributed by atoms with E-state index in [9.17, 15) is 13.2 Å². The third-order valence-electron chi connectivity index (χ3n) is 2.79. The minimum Gasteiger partial charge on any atom is -0.359 e. The van der Waals surface area contributed by atoms with Crippen molar-refractivity contribution in [2.24, 2.45) is 0 Å². The topological polar surface area (TPSA) is 22.1 Å². The molecule has 1 heterocycles. The first-order valence-corrected chi connectivity index (χ1v) is 5.56. The fourth-order valence-corrected chi connectivity index (χ4v) is 1.74. The zero-order valence-corrected chi connectivity index (χ0v) is 9.92. The van der Waals surface area contributed by atoms with E-state index < -0.39 is 18.4 Å². The van der Waals surface area contributed by atoms with Crippen molar-refractivity contribution < 1.29 is 17.9 Å². The summed E-state index contributed by atoms with van der Waals surface area (Å²) in [6.45, 7) is 2.36. The fourth-order valence-electron chi connectivity index (χ4n) is 1.74. The van der Waals surface area contributed by atoms with E-state index in [4.69, 9.17) is 4.74 Å². The number of halogens is 3. The van der Waals surface area contributed by atoms with Crippen molar-refractivity contribution >= 4 is 0 Å². The SMILES string of the molecule is CCC(CC)(OCC(F)(F)F)c1ccccn1. The second-order valence-electron chi connectivity index (χ2n) is 3.82. The van der Waals surface area contributed by atoms with Crippen molar-refractivity contribution in [3.63, 3.8) is 0 Å². The van der Waals surface area contributed by atoms with E-state index in [1.807, 2.05) is 0 Å². The molecule has 0 saturated carbocycles. The lowest BCUT2D eigenvalue weighted by molar-refractivity contribution is -0.210. The van der Waals surface area contributed by atoms with Crippen LogP contribution in [0.4, 0.5) is 13.2 Å². The molecular weight excluding hydrogens is 231 g/mol. The molecule has 1 rings (SSSR count). The van der Waals surface area contributed by atoms with Gasteiger partial charge in [0.2, 0.25) is 0 Å². The molecule has 17 heavy (non-hydrogen) atoms. The van der Waals surface area contributed by atoms with E-state index in [1.54, 1.807) is 38.2 Å². The van der Waals surface area contributed by atoms with Crippen molar-refractivity contribution in [1.29, 1.82) is 0 Å². The van der Waals surface area contributed by atoms with Gasteiger partial charge in [-0.1, -0.05) is 19.9 Å². The van der Waals surface area contributed by atoms with Gasteiger partial charge in [-0.25, -0.2) is 0 Å². The molecule has 0 unspecified atom stereocenters. The first-order chi connectivity index (χ1) is 7.93. The van der Waals surface area contributed by atoms with E-state index in [0.29, 0.717) is 18.5 Å². The highest BCUT2D eigenvalue weighted by Gasteiger charge is 2.37. The molecule has 0 fully saturated rings. The standard InChI is InChI=1S/C12H16F3NO/c1-3-11(4-2,17-9-12(13,14)15)10-7-5-6-8-16-10/h5-8H,3-4,9H2,1-2H3. The first-order valence-electron chi connectivity index (χ1n) is 5.56. The molecule has 0 atom stereocenters. The predicted molar refractivity (Wildman–Crippen MR) is 58.5 cm³/mol. The summed E-state index contributed by atoms with van der Waals surface area (Å²) in [5.74, 6) is 0. The Balaban J connectivity index is 2.90. The van der Waals surface area contributed by atoms with Crippen LogP contribution < -0.4 is 0 Å². The van der Waals surface area contributed by atoms with E-state index in [0.717, 1.165) is 0 Å². The molecule has 0 spiro atoms.